The Labute approximate surface area is 166 Å². The van der Waals surface area contributed by atoms with Gasteiger partial charge in [0, 0.05) is 11.6 Å². The number of ether oxygens (including phenoxy) is 1. The van der Waals surface area contributed by atoms with Crippen molar-refractivity contribution in [3.63, 3.8) is 0 Å². The highest BCUT2D eigenvalue weighted by molar-refractivity contribution is 6.31. The van der Waals surface area contributed by atoms with Crippen LogP contribution in [0.4, 0.5) is 0 Å². The van der Waals surface area contributed by atoms with Crippen LogP contribution in [-0.4, -0.2) is 37.6 Å². The number of methoxy groups -OCH3 is 1. The van der Waals surface area contributed by atoms with Crippen molar-refractivity contribution in [2.24, 2.45) is 0 Å². The second kappa shape index (κ2) is 9.77. The Balaban J connectivity index is 1.67. The van der Waals surface area contributed by atoms with Crippen molar-refractivity contribution < 1.29 is 9.53 Å². The molecule has 1 fully saturated rings. The summed E-state index contributed by atoms with van der Waals surface area (Å²) in [6.45, 7) is 2.73. The fourth-order valence-electron chi connectivity index (χ4n) is 3.60. The summed E-state index contributed by atoms with van der Waals surface area (Å²) < 4.78 is 5.27. The Hall–Kier alpha value is -2.04. The molecule has 1 saturated heterocycles. The molecule has 144 valence electrons. The second-order valence-corrected chi connectivity index (χ2v) is 7.37. The van der Waals surface area contributed by atoms with E-state index in [0.29, 0.717) is 18.0 Å². The van der Waals surface area contributed by atoms with Crippen LogP contribution in [0.3, 0.4) is 0 Å². The zero-order valence-electron chi connectivity index (χ0n) is 15.8. The SMILES string of the molecule is COc1ccc([C@H](CNC(=O)Cc2ccccc2Cl)N2CCCCC2)cc1. The maximum Gasteiger partial charge on any atom is 0.224 e. The van der Waals surface area contributed by atoms with Crippen LogP contribution in [0.5, 0.6) is 5.75 Å². The molecule has 0 aromatic heterocycles. The van der Waals surface area contributed by atoms with Crippen molar-refractivity contribution >= 4 is 17.5 Å². The van der Waals surface area contributed by atoms with Gasteiger partial charge >= 0.3 is 0 Å². The number of halogens is 1. The van der Waals surface area contributed by atoms with Crippen molar-refractivity contribution in [3.05, 3.63) is 64.7 Å². The van der Waals surface area contributed by atoms with Gasteiger partial charge in [0.05, 0.1) is 19.6 Å². The summed E-state index contributed by atoms with van der Waals surface area (Å²) in [5, 5.41) is 3.75. The smallest absolute Gasteiger partial charge is 0.224 e. The molecule has 1 N–H and O–H groups in total. The minimum Gasteiger partial charge on any atom is -0.497 e. The maximum absolute atomic E-state index is 12.5. The van der Waals surface area contributed by atoms with E-state index in [1.165, 1.54) is 24.8 Å². The van der Waals surface area contributed by atoms with Gasteiger partial charge in [0.25, 0.3) is 0 Å². The summed E-state index contributed by atoms with van der Waals surface area (Å²) in [7, 11) is 1.67. The molecule has 5 heteroatoms. The fraction of sp³-hybridized carbons (Fsp3) is 0.409. The van der Waals surface area contributed by atoms with Crippen LogP contribution in [-0.2, 0) is 11.2 Å². The van der Waals surface area contributed by atoms with Crippen LogP contribution in [0.1, 0.15) is 36.4 Å². The van der Waals surface area contributed by atoms with Crippen LogP contribution in [0.15, 0.2) is 48.5 Å². The number of rotatable bonds is 7. The normalized spacial score (nSPS) is 15.9. The lowest BCUT2D eigenvalue weighted by Crippen LogP contribution is -2.41. The van der Waals surface area contributed by atoms with Crippen LogP contribution in [0.2, 0.25) is 5.02 Å². The average Bonchev–Trinajstić information content (AvgIpc) is 2.71. The third-order valence-electron chi connectivity index (χ3n) is 5.13. The van der Waals surface area contributed by atoms with Gasteiger partial charge in [-0.25, -0.2) is 0 Å². The molecule has 1 aliphatic rings. The van der Waals surface area contributed by atoms with Gasteiger partial charge in [0.2, 0.25) is 5.91 Å². The Morgan fingerprint density at radius 3 is 2.48 bits per heavy atom. The van der Waals surface area contributed by atoms with Crippen molar-refractivity contribution in [1.82, 2.24) is 10.2 Å². The first-order valence-electron chi connectivity index (χ1n) is 9.55. The average molecular weight is 387 g/mol. The summed E-state index contributed by atoms with van der Waals surface area (Å²) in [6.07, 6.45) is 4.00. The number of nitrogens with one attached hydrogen (secondary N) is 1. The van der Waals surface area contributed by atoms with Crippen molar-refractivity contribution in [3.8, 4) is 5.75 Å². The number of carbonyl (C=O) groups is 1. The lowest BCUT2D eigenvalue weighted by atomic mass is 10.0. The minimum atomic E-state index is -0.00128. The van der Waals surface area contributed by atoms with Gasteiger partial charge in [-0.15, -0.1) is 0 Å². The van der Waals surface area contributed by atoms with Gasteiger partial charge in [-0.2, -0.15) is 0 Å². The third-order valence-corrected chi connectivity index (χ3v) is 5.50. The van der Waals surface area contributed by atoms with E-state index in [9.17, 15) is 4.79 Å². The van der Waals surface area contributed by atoms with Crippen molar-refractivity contribution in [1.29, 1.82) is 0 Å². The molecular formula is C22H27ClN2O2. The molecule has 2 aromatic carbocycles. The van der Waals surface area contributed by atoms with Crippen molar-refractivity contribution in [2.45, 2.75) is 31.7 Å². The molecule has 1 aliphatic heterocycles. The van der Waals surface area contributed by atoms with Gasteiger partial charge in [-0.3, -0.25) is 9.69 Å². The minimum absolute atomic E-state index is 0.00128. The number of piperidine rings is 1. The highest BCUT2D eigenvalue weighted by atomic mass is 35.5. The van der Waals surface area contributed by atoms with E-state index >= 15 is 0 Å². The van der Waals surface area contributed by atoms with E-state index < -0.39 is 0 Å². The Kier molecular flexibility index (Phi) is 7.13. The zero-order valence-corrected chi connectivity index (χ0v) is 16.5. The molecule has 4 nitrogen and oxygen atoms in total. The molecule has 0 aliphatic carbocycles. The van der Waals surface area contributed by atoms with E-state index in [4.69, 9.17) is 16.3 Å². The van der Waals surface area contributed by atoms with Crippen LogP contribution in [0, 0.1) is 0 Å². The Morgan fingerprint density at radius 2 is 1.81 bits per heavy atom. The Bertz CT molecular complexity index is 742. The summed E-state index contributed by atoms with van der Waals surface area (Å²) in [5.41, 5.74) is 2.06. The number of benzene rings is 2. The van der Waals surface area contributed by atoms with Crippen molar-refractivity contribution in [2.75, 3.05) is 26.7 Å². The van der Waals surface area contributed by atoms with Gasteiger partial charge in [0.1, 0.15) is 5.75 Å². The predicted octanol–water partition coefficient (Wildman–Crippen LogP) is 4.23. The standard InChI is InChI=1S/C22H27ClN2O2/c1-27-19-11-9-17(10-12-19)21(25-13-5-2-6-14-25)16-24-22(26)15-18-7-3-4-8-20(18)23/h3-4,7-12,21H,2,5-6,13-16H2,1H3,(H,24,26)/t21-/m0/s1. The molecule has 3 rings (SSSR count). The summed E-state index contributed by atoms with van der Waals surface area (Å²) in [5.74, 6) is 0.845. The maximum atomic E-state index is 12.5. The molecule has 0 saturated carbocycles. The van der Waals surface area contributed by atoms with Crippen LogP contribution < -0.4 is 10.1 Å². The lowest BCUT2D eigenvalue weighted by Gasteiger charge is -2.35. The van der Waals surface area contributed by atoms with Crippen LogP contribution in [0.25, 0.3) is 0 Å². The first-order valence-corrected chi connectivity index (χ1v) is 9.93. The number of nitrogens with zero attached hydrogens (tertiary/aromatic N) is 1. The van der Waals surface area contributed by atoms with E-state index in [2.05, 4.69) is 22.3 Å². The van der Waals surface area contributed by atoms with E-state index in [1.54, 1.807) is 7.11 Å². The molecule has 0 unspecified atom stereocenters. The topological polar surface area (TPSA) is 41.6 Å². The van der Waals surface area contributed by atoms with Gasteiger partial charge in [-0.1, -0.05) is 48.4 Å². The van der Waals surface area contributed by atoms with Gasteiger partial charge in [0.15, 0.2) is 0 Å². The Morgan fingerprint density at radius 1 is 1.11 bits per heavy atom. The highest BCUT2D eigenvalue weighted by Crippen LogP contribution is 2.26. The fourth-order valence-corrected chi connectivity index (χ4v) is 3.80. The largest absolute Gasteiger partial charge is 0.497 e. The van der Waals surface area contributed by atoms with E-state index in [1.807, 2.05) is 36.4 Å². The molecule has 0 bridgehead atoms. The molecule has 1 heterocycles. The first-order chi connectivity index (χ1) is 13.2. The molecule has 1 amide bonds. The summed E-state index contributed by atoms with van der Waals surface area (Å²) in [6, 6.07) is 15.8. The number of hydrogen-bond donors (Lipinski definition) is 1. The highest BCUT2D eigenvalue weighted by Gasteiger charge is 2.23. The van der Waals surface area contributed by atoms with Crippen LogP contribution >= 0.6 is 11.6 Å². The van der Waals surface area contributed by atoms with Gasteiger partial charge in [-0.05, 0) is 55.3 Å². The number of carbonyl (C=O) groups excluding carboxylic acids is 1. The quantitative estimate of drug-likeness (QED) is 0.774. The molecule has 27 heavy (non-hydrogen) atoms. The zero-order chi connectivity index (χ0) is 19.1. The van der Waals surface area contributed by atoms with Gasteiger partial charge < -0.3 is 10.1 Å². The second-order valence-electron chi connectivity index (χ2n) is 6.96. The van der Waals surface area contributed by atoms with E-state index in [-0.39, 0.29) is 11.9 Å². The third kappa shape index (κ3) is 5.47. The monoisotopic (exact) mass is 386 g/mol. The number of likely N-dealkylation sites (tertiary alicyclic amines) is 1. The summed E-state index contributed by atoms with van der Waals surface area (Å²) >= 11 is 6.18. The molecule has 1 atom stereocenters. The number of hydrogen-bond acceptors (Lipinski definition) is 3. The first kappa shape index (κ1) is 19.7. The van der Waals surface area contributed by atoms with E-state index in [0.717, 1.165) is 24.4 Å². The molecular weight excluding hydrogens is 360 g/mol. The number of amides is 1. The molecule has 0 spiro atoms. The molecule has 0 radical (unpaired) electrons. The lowest BCUT2D eigenvalue weighted by molar-refractivity contribution is -0.120. The summed E-state index contributed by atoms with van der Waals surface area (Å²) in [4.78, 5) is 14.9. The predicted molar refractivity (Wildman–Crippen MR) is 109 cm³/mol. The molecule has 2 aromatic rings.